The Morgan fingerprint density at radius 3 is 2.33 bits per heavy atom. The van der Waals surface area contributed by atoms with Crippen molar-refractivity contribution < 1.29 is 8.42 Å². The van der Waals surface area contributed by atoms with Crippen molar-refractivity contribution in [1.82, 2.24) is 10.0 Å². The summed E-state index contributed by atoms with van der Waals surface area (Å²) in [6.07, 6.45) is 4.47. The van der Waals surface area contributed by atoms with Crippen molar-refractivity contribution in [3.05, 3.63) is 0 Å². The lowest BCUT2D eigenvalue weighted by Crippen LogP contribution is -2.47. The number of rotatable bonds is 6. The molecule has 1 aliphatic rings. The molecule has 0 aromatic heterocycles. The van der Waals surface area contributed by atoms with Crippen LogP contribution in [0.2, 0.25) is 0 Å². The van der Waals surface area contributed by atoms with Crippen molar-refractivity contribution >= 4 is 10.0 Å². The summed E-state index contributed by atoms with van der Waals surface area (Å²) >= 11 is 0. The highest BCUT2D eigenvalue weighted by molar-refractivity contribution is 7.90. The molecule has 3 atom stereocenters. The van der Waals surface area contributed by atoms with Gasteiger partial charge in [-0.2, -0.15) is 0 Å². The average Bonchev–Trinajstić information content (AvgIpc) is 2.28. The van der Waals surface area contributed by atoms with E-state index in [-0.39, 0.29) is 11.3 Å². The molecule has 2 N–H and O–H groups in total. The van der Waals surface area contributed by atoms with Gasteiger partial charge in [0.15, 0.2) is 0 Å². The summed E-state index contributed by atoms with van der Waals surface area (Å²) in [5.41, 5.74) is 0. The van der Waals surface area contributed by atoms with Gasteiger partial charge in [-0.25, -0.2) is 13.1 Å². The van der Waals surface area contributed by atoms with E-state index in [1.807, 2.05) is 13.8 Å². The molecular formula is C13H28N2O2S. The maximum absolute atomic E-state index is 12.2. The molecule has 0 aromatic rings. The van der Waals surface area contributed by atoms with Gasteiger partial charge in [0.25, 0.3) is 0 Å². The van der Waals surface area contributed by atoms with E-state index < -0.39 is 10.0 Å². The van der Waals surface area contributed by atoms with E-state index in [0.717, 1.165) is 19.3 Å². The molecule has 0 saturated heterocycles. The van der Waals surface area contributed by atoms with E-state index in [1.54, 1.807) is 6.92 Å². The first-order chi connectivity index (χ1) is 8.33. The third-order valence-electron chi connectivity index (χ3n) is 3.77. The fraction of sp³-hybridized carbons (Fsp3) is 1.00. The fourth-order valence-electron chi connectivity index (χ4n) is 2.33. The zero-order valence-electron chi connectivity index (χ0n) is 12.1. The maximum atomic E-state index is 12.2. The number of sulfonamides is 1. The van der Waals surface area contributed by atoms with Crippen molar-refractivity contribution in [2.75, 3.05) is 6.54 Å². The van der Waals surface area contributed by atoms with Gasteiger partial charge in [-0.3, -0.25) is 0 Å². The molecule has 1 aliphatic carbocycles. The van der Waals surface area contributed by atoms with Gasteiger partial charge in [-0.05, 0) is 25.7 Å². The van der Waals surface area contributed by atoms with E-state index in [4.69, 9.17) is 0 Å². The van der Waals surface area contributed by atoms with Crippen LogP contribution in [0, 0.1) is 5.92 Å². The van der Waals surface area contributed by atoms with Crippen LogP contribution in [0.1, 0.15) is 53.4 Å². The Morgan fingerprint density at radius 1 is 1.17 bits per heavy atom. The molecule has 4 nitrogen and oxygen atoms in total. The first-order valence-corrected chi connectivity index (χ1v) is 8.62. The van der Waals surface area contributed by atoms with Gasteiger partial charge in [0, 0.05) is 18.6 Å². The van der Waals surface area contributed by atoms with Crippen molar-refractivity contribution in [2.45, 2.75) is 70.7 Å². The molecule has 0 heterocycles. The standard InChI is InChI=1S/C13H28N2O2S/c1-10(2)14-9-12(4)18(16,17)15-13-8-6-5-7-11(13)3/h10-15H,5-9H2,1-4H3. The third-order valence-corrected chi connectivity index (χ3v) is 5.63. The van der Waals surface area contributed by atoms with E-state index in [2.05, 4.69) is 17.0 Å². The molecule has 18 heavy (non-hydrogen) atoms. The van der Waals surface area contributed by atoms with Crippen LogP contribution in [-0.2, 0) is 10.0 Å². The van der Waals surface area contributed by atoms with Gasteiger partial charge >= 0.3 is 0 Å². The number of hydrogen-bond donors (Lipinski definition) is 2. The molecule has 0 radical (unpaired) electrons. The Kier molecular flexibility index (Phi) is 6.08. The molecular weight excluding hydrogens is 248 g/mol. The predicted molar refractivity (Wildman–Crippen MR) is 76.1 cm³/mol. The van der Waals surface area contributed by atoms with Crippen LogP contribution in [0.3, 0.4) is 0 Å². The summed E-state index contributed by atoms with van der Waals surface area (Å²) in [6.45, 7) is 8.47. The lowest BCUT2D eigenvalue weighted by Gasteiger charge is -2.30. The second-order valence-electron chi connectivity index (χ2n) is 5.90. The second-order valence-corrected chi connectivity index (χ2v) is 8.04. The highest BCUT2D eigenvalue weighted by atomic mass is 32.2. The van der Waals surface area contributed by atoms with Gasteiger partial charge in [0.05, 0.1) is 5.25 Å². The molecule has 0 bridgehead atoms. The Labute approximate surface area is 112 Å². The van der Waals surface area contributed by atoms with Crippen LogP contribution >= 0.6 is 0 Å². The summed E-state index contributed by atoms with van der Waals surface area (Å²) < 4.78 is 27.3. The van der Waals surface area contributed by atoms with Gasteiger partial charge in [0.2, 0.25) is 10.0 Å². The van der Waals surface area contributed by atoms with Crippen LogP contribution in [0.15, 0.2) is 0 Å². The fourth-order valence-corrected chi connectivity index (χ4v) is 3.65. The molecule has 0 amide bonds. The molecule has 5 heteroatoms. The highest BCUT2D eigenvalue weighted by Gasteiger charge is 2.28. The first-order valence-electron chi connectivity index (χ1n) is 7.07. The maximum Gasteiger partial charge on any atom is 0.215 e. The monoisotopic (exact) mass is 276 g/mol. The molecule has 1 fully saturated rings. The van der Waals surface area contributed by atoms with Gasteiger partial charge in [-0.15, -0.1) is 0 Å². The minimum Gasteiger partial charge on any atom is -0.313 e. The van der Waals surface area contributed by atoms with Gasteiger partial charge in [0.1, 0.15) is 0 Å². The van der Waals surface area contributed by atoms with Crippen LogP contribution in [0.5, 0.6) is 0 Å². The lowest BCUT2D eigenvalue weighted by atomic mass is 9.87. The average molecular weight is 276 g/mol. The van der Waals surface area contributed by atoms with Gasteiger partial charge < -0.3 is 5.32 Å². The molecule has 3 unspecified atom stereocenters. The normalized spacial score (nSPS) is 27.4. The molecule has 1 rings (SSSR count). The summed E-state index contributed by atoms with van der Waals surface area (Å²) in [5.74, 6) is 0.457. The number of hydrogen-bond acceptors (Lipinski definition) is 3. The van der Waals surface area contributed by atoms with Crippen LogP contribution < -0.4 is 10.0 Å². The van der Waals surface area contributed by atoms with Crippen molar-refractivity contribution in [3.8, 4) is 0 Å². The van der Waals surface area contributed by atoms with E-state index in [9.17, 15) is 8.42 Å². The highest BCUT2D eigenvalue weighted by Crippen LogP contribution is 2.24. The van der Waals surface area contributed by atoms with Crippen molar-refractivity contribution in [3.63, 3.8) is 0 Å². The van der Waals surface area contributed by atoms with Crippen molar-refractivity contribution in [1.29, 1.82) is 0 Å². The molecule has 1 saturated carbocycles. The summed E-state index contributed by atoms with van der Waals surface area (Å²) in [5, 5.41) is 2.80. The summed E-state index contributed by atoms with van der Waals surface area (Å²) in [7, 11) is -3.20. The number of nitrogens with one attached hydrogen (secondary N) is 2. The zero-order valence-corrected chi connectivity index (χ0v) is 12.9. The van der Waals surface area contributed by atoms with E-state index >= 15 is 0 Å². The molecule has 0 aromatic carbocycles. The lowest BCUT2D eigenvalue weighted by molar-refractivity contribution is 0.309. The van der Waals surface area contributed by atoms with Gasteiger partial charge in [-0.1, -0.05) is 33.6 Å². The predicted octanol–water partition coefficient (Wildman–Crippen LogP) is 1.87. The zero-order chi connectivity index (χ0) is 13.8. The first kappa shape index (κ1) is 15.9. The minimum absolute atomic E-state index is 0.130. The van der Waals surface area contributed by atoms with Crippen LogP contribution in [0.25, 0.3) is 0 Å². The summed E-state index contributed by atoms with van der Waals surface area (Å²) in [4.78, 5) is 0. The molecule has 108 valence electrons. The Morgan fingerprint density at radius 2 is 1.78 bits per heavy atom. The van der Waals surface area contributed by atoms with E-state index in [1.165, 1.54) is 6.42 Å². The Bertz CT molecular complexity index is 341. The molecule has 0 aliphatic heterocycles. The SMILES string of the molecule is CC(C)NCC(C)S(=O)(=O)NC1CCCCC1C. The Balaban J connectivity index is 2.52. The minimum atomic E-state index is -3.20. The topological polar surface area (TPSA) is 58.2 Å². The summed E-state index contributed by atoms with van der Waals surface area (Å²) in [6, 6.07) is 0.446. The van der Waals surface area contributed by atoms with Crippen LogP contribution in [0.4, 0.5) is 0 Å². The van der Waals surface area contributed by atoms with Crippen molar-refractivity contribution in [2.24, 2.45) is 5.92 Å². The second kappa shape index (κ2) is 6.87. The molecule has 0 spiro atoms. The third kappa shape index (κ3) is 4.86. The largest absolute Gasteiger partial charge is 0.313 e. The van der Waals surface area contributed by atoms with Crippen LogP contribution in [-0.4, -0.2) is 32.3 Å². The van der Waals surface area contributed by atoms with E-state index in [0.29, 0.717) is 18.5 Å². The Hall–Kier alpha value is -0.130. The quantitative estimate of drug-likeness (QED) is 0.778. The smallest absolute Gasteiger partial charge is 0.215 e.